The number of carbonyl (C=O) groups excluding carboxylic acids is 1. The maximum Gasteiger partial charge on any atom is 0.318 e. The van der Waals surface area contributed by atoms with E-state index in [1.54, 1.807) is 20.5 Å². The predicted octanol–water partition coefficient (Wildman–Crippen LogP) is 4.90. The molecule has 0 saturated carbocycles. The summed E-state index contributed by atoms with van der Waals surface area (Å²) in [5.74, 6) is 1.96. The highest BCUT2D eigenvalue weighted by atomic mass is 16.5. The van der Waals surface area contributed by atoms with Gasteiger partial charge >= 0.3 is 6.03 Å². The molecular formula is C26H25N3O4. The van der Waals surface area contributed by atoms with Gasteiger partial charge in [-0.15, -0.1) is 0 Å². The van der Waals surface area contributed by atoms with E-state index in [2.05, 4.69) is 28.1 Å². The first-order chi connectivity index (χ1) is 16.2. The van der Waals surface area contributed by atoms with Gasteiger partial charge in [-0.25, -0.2) is 4.79 Å². The summed E-state index contributed by atoms with van der Waals surface area (Å²) in [6.07, 6.45) is 3.63. The smallest absolute Gasteiger partial charge is 0.318 e. The standard InChI is InChI=1S/C26H25N3O4/c1-31-23-12-11-18(15-24(23)32-2)25-22-10-5-13-28(22)21-9-4-3-7-19(21)17-29(25)26(30)27-16-20-8-6-14-33-20/h3-15,25H,16-17H2,1-2H3,(H,27,30)/t25-/m1/s1. The summed E-state index contributed by atoms with van der Waals surface area (Å²) in [4.78, 5) is 15.4. The number of benzene rings is 2. The van der Waals surface area contributed by atoms with Gasteiger partial charge in [-0.3, -0.25) is 0 Å². The highest BCUT2D eigenvalue weighted by molar-refractivity contribution is 5.76. The molecule has 7 heteroatoms. The summed E-state index contributed by atoms with van der Waals surface area (Å²) < 4.78 is 18.5. The second kappa shape index (κ2) is 8.78. The first-order valence-electron chi connectivity index (χ1n) is 10.7. The number of rotatable bonds is 5. The monoisotopic (exact) mass is 443 g/mol. The van der Waals surface area contributed by atoms with Gasteiger partial charge in [-0.1, -0.05) is 24.3 Å². The summed E-state index contributed by atoms with van der Waals surface area (Å²) >= 11 is 0. The van der Waals surface area contributed by atoms with E-state index in [1.807, 2.05) is 59.6 Å². The topological polar surface area (TPSA) is 68.9 Å². The fourth-order valence-corrected chi connectivity index (χ4v) is 4.39. The Bertz CT molecular complexity index is 1260. The van der Waals surface area contributed by atoms with E-state index in [-0.39, 0.29) is 12.1 Å². The number of carbonyl (C=O) groups is 1. The molecule has 0 spiro atoms. The molecule has 1 atom stereocenters. The number of urea groups is 1. The van der Waals surface area contributed by atoms with E-state index in [0.29, 0.717) is 30.3 Å². The molecule has 1 aliphatic rings. The van der Waals surface area contributed by atoms with Crippen molar-refractivity contribution < 1.29 is 18.7 Å². The van der Waals surface area contributed by atoms with Gasteiger partial charge in [0.05, 0.1) is 45.3 Å². The first-order valence-corrected chi connectivity index (χ1v) is 10.7. The minimum absolute atomic E-state index is 0.185. The highest BCUT2D eigenvalue weighted by Crippen LogP contribution is 2.39. The third kappa shape index (κ3) is 3.82. The van der Waals surface area contributed by atoms with Crippen molar-refractivity contribution in [1.82, 2.24) is 14.8 Å². The predicted molar refractivity (Wildman–Crippen MR) is 124 cm³/mol. The van der Waals surface area contributed by atoms with Crippen LogP contribution >= 0.6 is 0 Å². The molecule has 5 rings (SSSR count). The zero-order valence-corrected chi connectivity index (χ0v) is 18.5. The normalized spacial score (nSPS) is 14.7. The fraction of sp³-hybridized carbons (Fsp3) is 0.192. The minimum Gasteiger partial charge on any atom is -0.493 e. The van der Waals surface area contributed by atoms with Crippen LogP contribution in [0, 0.1) is 0 Å². The molecule has 2 amide bonds. The summed E-state index contributed by atoms with van der Waals surface area (Å²) in [6.45, 7) is 0.754. The van der Waals surface area contributed by atoms with E-state index in [0.717, 1.165) is 22.5 Å². The van der Waals surface area contributed by atoms with Crippen molar-refractivity contribution in [2.24, 2.45) is 0 Å². The Labute approximate surface area is 192 Å². The SMILES string of the molecule is COc1ccc([C@@H]2c3cccn3-c3ccccc3CN2C(=O)NCc2ccco2)cc1OC. The molecule has 1 aliphatic heterocycles. The molecule has 0 saturated heterocycles. The van der Waals surface area contributed by atoms with Gasteiger partial charge in [0.15, 0.2) is 11.5 Å². The van der Waals surface area contributed by atoms with Crippen molar-refractivity contribution >= 4 is 6.03 Å². The number of hydrogen-bond acceptors (Lipinski definition) is 4. The van der Waals surface area contributed by atoms with E-state index < -0.39 is 0 Å². The number of hydrogen-bond donors (Lipinski definition) is 1. The Kier molecular flexibility index (Phi) is 5.52. The maximum absolute atomic E-state index is 13.6. The van der Waals surface area contributed by atoms with Gasteiger partial charge in [-0.2, -0.15) is 0 Å². The van der Waals surface area contributed by atoms with E-state index in [1.165, 1.54) is 0 Å². The Balaban J connectivity index is 1.61. The molecule has 33 heavy (non-hydrogen) atoms. The Hall–Kier alpha value is -4.13. The number of para-hydroxylation sites is 1. The van der Waals surface area contributed by atoms with Crippen LogP contribution in [0.5, 0.6) is 11.5 Å². The van der Waals surface area contributed by atoms with Crippen LogP contribution in [0.25, 0.3) is 5.69 Å². The number of nitrogens with zero attached hydrogens (tertiary/aromatic N) is 2. The lowest BCUT2D eigenvalue weighted by atomic mass is 10.0. The average molecular weight is 444 g/mol. The number of ether oxygens (including phenoxy) is 2. The molecule has 2 aromatic heterocycles. The zero-order chi connectivity index (χ0) is 22.8. The van der Waals surface area contributed by atoms with Crippen LogP contribution in [0.4, 0.5) is 4.79 Å². The number of furan rings is 1. The molecule has 3 heterocycles. The molecule has 7 nitrogen and oxygen atoms in total. The van der Waals surface area contributed by atoms with Crippen molar-refractivity contribution in [3.63, 3.8) is 0 Å². The van der Waals surface area contributed by atoms with Crippen LogP contribution < -0.4 is 14.8 Å². The number of nitrogens with one attached hydrogen (secondary N) is 1. The first kappa shape index (κ1) is 20.8. The maximum atomic E-state index is 13.6. The van der Waals surface area contributed by atoms with Crippen LogP contribution in [-0.2, 0) is 13.1 Å². The Morgan fingerprint density at radius 2 is 1.88 bits per heavy atom. The Morgan fingerprint density at radius 1 is 1.03 bits per heavy atom. The molecule has 0 fully saturated rings. The van der Waals surface area contributed by atoms with Gasteiger partial charge in [0, 0.05) is 11.9 Å². The number of aromatic nitrogens is 1. The summed E-state index contributed by atoms with van der Waals surface area (Å²) in [5.41, 5.74) is 4.03. The second-order valence-corrected chi connectivity index (χ2v) is 7.81. The molecular weight excluding hydrogens is 418 g/mol. The van der Waals surface area contributed by atoms with Gasteiger partial charge in [0.2, 0.25) is 0 Å². The third-order valence-corrected chi connectivity index (χ3v) is 5.94. The van der Waals surface area contributed by atoms with Gasteiger partial charge in [-0.05, 0) is 53.6 Å². The fourth-order valence-electron chi connectivity index (χ4n) is 4.39. The molecule has 1 N–H and O–H groups in total. The van der Waals surface area contributed by atoms with Crippen LogP contribution in [0.1, 0.15) is 28.6 Å². The number of fused-ring (bicyclic) bond motifs is 3. The molecule has 0 aliphatic carbocycles. The summed E-state index contributed by atoms with van der Waals surface area (Å²) in [6, 6.07) is 21.1. The van der Waals surface area contributed by atoms with Gasteiger partial charge < -0.3 is 28.7 Å². The molecule has 0 radical (unpaired) electrons. The molecule has 2 aromatic carbocycles. The molecule has 4 aromatic rings. The van der Waals surface area contributed by atoms with Crippen molar-refractivity contribution in [2.75, 3.05) is 14.2 Å². The van der Waals surface area contributed by atoms with Gasteiger partial charge in [0.1, 0.15) is 5.76 Å². The van der Waals surface area contributed by atoms with E-state index in [4.69, 9.17) is 13.9 Å². The average Bonchev–Trinajstić information content (AvgIpc) is 3.52. The molecule has 0 unspecified atom stereocenters. The van der Waals surface area contributed by atoms with Crippen LogP contribution in [0.2, 0.25) is 0 Å². The molecule has 0 bridgehead atoms. The summed E-state index contributed by atoms with van der Waals surface area (Å²) in [7, 11) is 3.22. The van der Waals surface area contributed by atoms with Crippen LogP contribution in [0.15, 0.2) is 83.6 Å². The van der Waals surface area contributed by atoms with Crippen molar-refractivity contribution in [2.45, 2.75) is 19.1 Å². The lowest BCUT2D eigenvalue weighted by molar-refractivity contribution is 0.179. The van der Waals surface area contributed by atoms with Crippen molar-refractivity contribution in [3.05, 3.63) is 102 Å². The quantitative estimate of drug-likeness (QED) is 0.476. The highest BCUT2D eigenvalue weighted by Gasteiger charge is 2.33. The third-order valence-electron chi connectivity index (χ3n) is 5.94. The lowest BCUT2D eigenvalue weighted by Gasteiger charge is -2.31. The van der Waals surface area contributed by atoms with E-state index in [9.17, 15) is 4.79 Å². The van der Waals surface area contributed by atoms with Gasteiger partial charge in [0.25, 0.3) is 0 Å². The van der Waals surface area contributed by atoms with Crippen LogP contribution in [0.3, 0.4) is 0 Å². The number of methoxy groups -OCH3 is 2. The van der Waals surface area contributed by atoms with E-state index >= 15 is 0 Å². The number of amides is 2. The largest absolute Gasteiger partial charge is 0.493 e. The minimum atomic E-state index is -0.344. The van der Waals surface area contributed by atoms with Crippen molar-refractivity contribution in [1.29, 1.82) is 0 Å². The lowest BCUT2D eigenvalue weighted by Crippen LogP contribution is -2.41. The Morgan fingerprint density at radius 3 is 2.67 bits per heavy atom. The molecule has 168 valence electrons. The second-order valence-electron chi connectivity index (χ2n) is 7.81. The van der Waals surface area contributed by atoms with Crippen LogP contribution in [-0.4, -0.2) is 29.7 Å². The zero-order valence-electron chi connectivity index (χ0n) is 18.5. The summed E-state index contributed by atoms with van der Waals surface area (Å²) in [5, 5.41) is 3.02. The van der Waals surface area contributed by atoms with Crippen molar-refractivity contribution in [3.8, 4) is 17.2 Å².